The first-order chi connectivity index (χ1) is 10.7. The summed E-state index contributed by atoms with van der Waals surface area (Å²) >= 11 is 6.85. The van der Waals surface area contributed by atoms with E-state index >= 15 is 0 Å². The summed E-state index contributed by atoms with van der Waals surface area (Å²) in [7, 11) is 0. The fourth-order valence-electron chi connectivity index (χ4n) is 2.37. The molecule has 112 valence electrons. The van der Waals surface area contributed by atoms with Crippen LogP contribution in [-0.4, -0.2) is 22.5 Å². The van der Waals surface area contributed by atoms with Crippen molar-refractivity contribution in [1.82, 2.24) is 10.2 Å². The molecule has 1 saturated heterocycles. The van der Waals surface area contributed by atoms with Gasteiger partial charge in [0.05, 0.1) is 0 Å². The molecule has 1 aromatic carbocycles. The van der Waals surface area contributed by atoms with Crippen molar-refractivity contribution in [1.29, 1.82) is 0 Å². The summed E-state index contributed by atoms with van der Waals surface area (Å²) in [5.74, 6) is -0.0505. The second-order valence-corrected chi connectivity index (χ2v) is 6.59. The second kappa shape index (κ2) is 6.42. The van der Waals surface area contributed by atoms with E-state index in [0.29, 0.717) is 17.4 Å². The summed E-state index contributed by atoms with van der Waals surface area (Å²) in [5.41, 5.74) is 1.84. The van der Waals surface area contributed by atoms with Crippen molar-refractivity contribution in [3.05, 3.63) is 63.5 Å². The molecule has 1 N–H and O–H groups in total. The van der Waals surface area contributed by atoms with Crippen molar-refractivity contribution < 1.29 is 4.79 Å². The Labute approximate surface area is 139 Å². The molecule has 0 bridgehead atoms. The van der Waals surface area contributed by atoms with Gasteiger partial charge in [-0.3, -0.25) is 9.69 Å². The topological polar surface area (TPSA) is 32.3 Å². The Morgan fingerprint density at radius 2 is 2.00 bits per heavy atom. The third-order valence-corrected chi connectivity index (χ3v) is 4.82. The predicted octanol–water partition coefficient (Wildman–Crippen LogP) is 3.42. The number of nitrogens with zero attached hydrogens (tertiary/aromatic N) is 1. The van der Waals surface area contributed by atoms with Crippen LogP contribution in [0, 0.1) is 0 Å². The number of amides is 1. The van der Waals surface area contributed by atoms with Gasteiger partial charge in [-0.05, 0) is 42.9 Å². The molecule has 3 rings (SSSR count). The van der Waals surface area contributed by atoms with E-state index in [0.717, 1.165) is 11.3 Å². The molecule has 0 saturated carbocycles. The molecule has 2 aromatic rings. The molecule has 0 spiro atoms. The summed E-state index contributed by atoms with van der Waals surface area (Å²) in [5, 5.41) is 3.47. The summed E-state index contributed by atoms with van der Waals surface area (Å²) in [6, 6.07) is 14.5. The maximum Gasteiger partial charge on any atom is 0.276 e. The normalized spacial score (nSPS) is 16.4. The number of nitrogens with one attached hydrogen (secondary N) is 1. The molecule has 1 aliphatic heterocycles. The minimum absolute atomic E-state index is 0.0505. The van der Waals surface area contributed by atoms with Crippen LogP contribution < -0.4 is 5.32 Å². The first-order valence-corrected chi connectivity index (χ1v) is 8.37. The fraction of sp³-hybridized carbons (Fsp3) is 0.176. The summed E-state index contributed by atoms with van der Waals surface area (Å²) < 4.78 is 0. The molecule has 0 unspecified atom stereocenters. The van der Waals surface area contributed by atoms with Gasteiger partial charge >= 0.3 is 0 Å². The average molecular weight is 328 g/mol. The Balaban J connectivity index is 1.76. The van der Waals surface area contributed by atoms with Gasteiger partial charge in [-0.15, -0.1) is 11.3 Å². The Hall–Kier alpha value is -1.98. The van der Waals surface area contributed by atoms with E-state index in [1.165, 1.54) is 10.4 Å². The Morgan fingerprint density at radius 3 is 2.68 bits per heavy atom. The zero-order chi connectivity index (χ0) is 15.5. The zero-order valence-corrected chi connectivity index (χ0v) is 13.8. The summed E-state index contributed by atoms with van der Waals surface area (Å²) in [4.78, 5) is 16.1. The smallest absolute Gasteiger partial charge is 0.276 e. The van der Waals surface area contributed by atoms with Crippen LogP contribution in [0.3, 0.4) is 0 Å². The maximum atomic E-state index is 12.2. The van der Waals surface area contributed by atoms with Gasteiger partial charge in [-0.2, -0.15) is 0 Å². The highest BCUT2D eigenvalue weighted by Crippen LogP contribution is 2.23. The number of likely N-dealkylation sites (N-methyl/N-ethyl adjacent to an activating group) is 1. The molecule has 1 aliphatic rings. The molecule has 1 aromatic heterocycles. The number of hydrogen-bond acceptors (Lipinski definition) is 3. The lowest BCUT2D eigenvalue weighted by atomic mass is 10.1. The van der Waals surface area contributed by atoms with E-state index in [-0.39, 0.29) is 5.91 Å². The van der Waals surface area contributed by atoms with Gasteiger partial charge in [-0.1, -0.05) is 30.3 Å². The van der Waals surface area contributed by atoms with E-state index in [9.17, 15) is 4.79 Å². The lowest BCUT2D eigenvalue weighted by molar-refractivity contribution is -0.122. The molecular formula is C17H16N2OS2. The van der Waals surface area contributed by atoms with Gasteiger partial charge in [0.2, 0.25) is 0 Å². The molecule has 0 aliphatic carbocycles. The minimum atomic E-state index is -0.0505. The van der Waals surface area contributed by atoms with Crippen molar-refractivity contribution in [2.75, 3.05) is 6.54 Å². The monoisotopic (exact) mass is 328 g/mol. The third kappa shape index (κ3) is 3.10. The van der Waals surface area contributed by atoms with Crippen LogP contribution in [0.2, 0.25) is 0 Å². The molecule has 22 heavy (non-hydrogen) atoms. The van der Waals surface area contributed by atoms with E-state index in [2.05, 4.69) is 23.5 Å². The minimum Gasteiger partial charge on any atom is -0.328 e. The number of carbonyl (C=O) groups excluding carboxylic acids is 1. The van der Waals surface area contributed by atoms with Crippen LogP contribution >= 0.6 is 23.6 Å². The average Bonchev–Trinajstić information content (AvgIpc) is 3.05. The third-order valence-electron chi connectivity index (χ3n) is 3.47. The van der Waals surface area contributed by atoms with Crippen LogP contribution in [0.4, 0.5) is 0 Å². The van der Waals surface area contributed by atoms with Crippen LogP contribution in [0.15, 0.2) is 48.2 Å². The molecule has 0 atom stereocenters. The second-order valence-electron chi connectivity index (χ2n) is 5.00. The van der Waals surface area contributed by atoms with Crippen molar-refractivity contribution in [3.63, 3.8) is 0 Å². The van der Waals surface area contributed by atoms with Crippen molar-refractivity contribution in [2.45, 2.75) is 13.3 Å². The molecule has 1 fully saturated rings. The summed E-state index contributed by atoms with van der Waals surface area (Å²) in [6.07, 6.45) is 2.79. The number of thiocarbonyl (C=S) groups is 1. The number of carbonyl (C=O) groups is 1. The largest absolute Gasteiger partial charge is 0.328 e. The predicted molar refractivity (Wildman–Crippen MR) is 94.7 cm³/mol. The van der Waals surface area contributed by atoms with E-state index in [1.807, 2.05) is 37.3 Å². The fourth-order valence-corrected chi connectivity index (χ4v) is 3.68. The van der Waals surface area contributed by atoms with E-state index in [4.69, 9.17) is 12.2 Å². The van der Waals surface area contributed by atoms with Gasteiger partial charge in [-0.25, -0.2) is 0 Å². The highest BCUT2D eigenvalue weighted by molar-refractivity contribution is 7.80. The number of benzene rings is 1. The van der Waals surface area contributed by atoms with Crippen LogP contribution in [0.25, 0.3) is 6.08 Å². The van der Waals surface area contributed by atoms with Gasteiger partial charge < -0.3 is 5.32 Å². The highest BCUT2D eigenvalue weighted by Gasteiger charge is 2.29. The molecular weight excluding hydrogens is 312 g/mol. The number of thiophene rings is 1. The lowest BCUT2D eigenvalue weighted by Crippen LogP contribution is -2.30. The van der Waals surface area contributed by atoms with Gasteiger partial charge in [0.15, 0.2) is 5.11 Å². The number of rotatable bonds is 4. The Bertz CT molecular complexity index is 734. The lowest BCUT2D eigenvalue weighted by Gasteiger charge is -2.08. The number of hydrogen-bond donors (Lipinski definition) is 1. The first-order valence-electron chi connectivity index (χ1n) is 7.14. The maximum absolute atomic E-state index is 12.2. The SMILES string of the molecule is CCN1C(=O)/C(=C\c2ccc(Cc3ccccc3)s2)NC1=S. The Morgan fingerprint density at radius 1 is 1.23 bits per heavy atom. The van der Waals surface area contributed by atoms with Crippen LogP contribution in [-0.2, 0) is 11.2 Å². The van der Waals surface area contributed by atoms with Crippen molar-refractivity contribution >= 4 is 40.7 Å². The molecule has 1 amide bonds. The first kappa shape index (κ1) is 14.9. The molecule has 0 radical (unpaired) electrons. The van der Waals surface area contributed by atoms with Crippen molar-refractivity contribution in [2.24, 2.45) is 0 Å². The van der Waals surface area contributed by atoms with Crippen LogP contribution in [0.5, 0.6) is 0 Å². The van der Waals surface area contributed by atoms with Gasteiger partial charge in [0.25, 0.3) is 5.91 Å². The highest BCUT2D eigenvalue weighted by atomic mass is 32.1. The molecule has 5 heteroatoms. The summed E-state index contributed by atoms with van der Waals surface area (Å²) in [6.45, 7) is 2.50. The van der Waals surface area contributed by atoms with E-state index in [1.54, 1.807) is 16.2 Å². The molecule has 3 nitrogen and oxygen atoms in total. The van der Waals surface area contributed by atoms with Crippen molar-refractivity contribution in [3.8, 4) is 0 Å². The quantitative estimate of drug-likeness (QED) is 0.689. The van der Waals surface area contributed by atoms with Gasteiger partial charge in [0, 0.05) is 22.7 Å². The zero-order valence-electron chi connectivity index (χ0n) is 12.2. The van der Waals surface area contributed by atoms with Gasteiger partial charge in [0.1, 0.15) is 5.70 Å². The van der Waals surface area contributed by atoms with E-state index < -0.39 is 0 Å². The molecule has 2 heterocycles. The van der Waals surface area contributed by atoms with Crippen LogP contribution in [0.1, 0.15) is 22.2 Å². The Kier molecular flexibility index (Phi) is 4.36. The standard InChI is InChI=1S/C17H16N2OS2/c1-2-19-16(20)15(18-17(19)21)11-14-9-8-13(22-14)10-12-6-4-3-5-7-12/h3-9,11H,2,10H2,1H3,(H,18,21)/b15-11+.